The predicted molar refractivity (Wildman–Crippen MR) is 336 cm³/mol. The second-order valence-electron chi connectivity index (χ2n) is 20.9. The average Bonchev–Trinajstić information content (AvgIpc) is 4.47. The zero-order valence-electron chi connectivity index (χ0n) is 51.2. The molecule has 2 fully saturated rings. The zero-order valence-corrected chi connectivity index (χ0v) is 51.2. The Morgan fingerprint density at radius 3 is 1.03 bits per heavy atom. The summed E-state index contributed by atoms with van der Waals surface area (Å²) in [6.07, 6.45) is 5.73. The molecule has 2 aliphatic rings. The van der Waals surface area contributed by atoms with Crippen molar-refractivity contribution in [2.75, 3.05) is 166 Å². The minimum Gasteiger partial charge on any atom is -0.471 e. The molecule has 22 nitrogen and oxygen atoms in total. The van der Waals surface area contributed by atoms with Crippen LogP contribution in [0.25, 0.3) is 34.0 Å². The minimum atomic E-state index is -0.826. The molecule has 89 heavy (non-hydrogen) atoms. The molecule has 0 spiro atoms. The highest BCUT2D eigenvalue weighted by Gasteiger charge is 2.33. The molecule has 0 bridgehead atoms. The quantitative estimate of drug-likeness (QED) is 0.00787. The first-order valence-electron chi connectivity index (χ1n) is 29.0. The summed E-state index contributed by atoms with van der Waals surface area (Å²) in [6, 6.07) is 33.6. The number of carbonyl (C=O) groups excluding carboxylic acids is 4. The van der Waals surface area contributed by atoms with Gasteiger partial charge in [0, 0.05) is 77.1 Å². The standard InChI is InChI=1S/C67H76N8O14/c1-9-84-63(76)53(39-68)35-49-11-19-55(20-12-49)72(5)27-31-80-45-67(47-82-33-29-74(7)57-23-15-51(16-24-57)37-61(70-3)65(78)85-10-2,46-81-32-28-73(6)56-21-13-50(14-22-56)36-54(40-69)64(77)88-43-59-41-86-59)48-83-34-30-75(8)58-25-17-52(18-26-58)38-62(71-4)66(79)89-44-60-42-87-60/h11-26,35-38,59-60H,9-10,27-34,41-48H2,1-2,5-8H3/b53-35+,54-36+,61-37-,62-38-. The fraction of sp³-hybridized carbons (Fsp3) is 0.403. The Morgan fingerprint density at radius 2 is 0.753 bits per heavy atom. The van der Waals surface area contributed by atoms with Gasteiger partial charge in [0.05, 0.1) is 97.8 Å². The summed E-state index contributed by atoms with van der Waals surface area (Å²) in [5.74, 6) is -2.76. The van der Waals surface area contributed by atoms with Gasteiger partial charge < -0.3 is 67.0 Å². The van der Waals surface area contributed by atoms with Crippen LogP contribution < -0.4 is 19.6 Å². The molecule has 0 aromatic heterocycles. The van der Waals surface area contributed by atoms with Gasteiger partial charge in [0.1, 0.15) is 48.7 Å². The molecule has 2 heterocycles. The van der Waals surface area contributed by atoms with Crippen LogP contribution in [-0.2, 0) is 66.5 Å². The summed E-state index contributed by atoms with van der Waals surface area (Å²) in [6.45, 7) is 23.9. The van der Waals surface area contributed by atoms with Crippen LogP contribution in [0, 0.1) is 41.2 Å². The number of esters is 4. The van der Waals surface area contributed by atoms with Gasteiger partial charge in [-0.2, -0.15) is 10.5 Å². The van der Waals surface area contributed by atoms with Crippen molar-refractivity contribution in [1.82, 2.24) is 0 Å². The minimum absolute atomic E-state index is 0.0967. The van der Waals surface area contributed by atoms with Crippen molar-refractivity contribution in [1.29, 1.82) is 10.5 Å². The number of rotatable bonds is 38. The third-order valence-electron chi connectivity index (χ3n) is 14.0. The molecule has 468 valence electrons. The summed E-state index contributed by atoms with van der Waals surface area (Å²) in [5, 5.41) is 19.2. The summed E-state index contributed by atoms with van der Waals surface area (Å²) >= 11 is 0. The topological polar surface area (TPSA) is 236 Å². The maximum absolute atomic E-state index is 12.5. The second kappa shape index (κ2) is 36.1. The van der Waals surface area contributed by atoms with Gasteiger partial charge in [-0.3, -0.25) is 9.59 Å². The lowest BCUT2D eigenvalue weighted by atomic mass is 9.92. The number of epoxide rings is 2. The lowest BCUT2D eigenvalue weighted by Crippen LogP contribution is -2.43. The summed E-state index contributed by atoms with van der Waals surface area (Å²) in [5.41, 5.74) is 4.90. The molecule has 22 heteroatoms. The van der Waals surface area contributed by atoms with E-state index in [4.69, 9.17) is 60.5 Å². The van der Waals surface area contributed by atoms with Gasteiger partial charge in [0.15, 0.2) is 0 Å². The number of benzene rings is 4. The molecular formula is C67H76N8O14. The molecule has 0 radical (unpaired) electrons. The highest BCUT2D eigenvalue weighted by Crippen LogP contribution is 2.25. The highest BCUT2D eigenvalue weighted by atomic mass is 16.6. The zero-order chi connectivity index (χ0) is 64.0. The number of nitrogens with zero attached hydrogens (tertiary/aromatic N) is 8. The SMILES string of the molecule is [C-]#[N+]/C(=C\c1ccc(N(C)CCOCC(COCCN(C)c2ccc(/C=C(\[N+]#[C-])C(=O)OCC3CO3)cc2)(COCCN(C)c2ccc(/C=C(\C#N)C(=O)OCC)cc2)COCCN(C)c2ccc(/C=C(\C#N)C(=O)OCC3CO3)cc2)cc1)C(=O)OCC. The maximum Gasteiger partial charge on any atom is 0.348 e. The Labute approximate surface area is 520 Å². The lowest BCUT2D eigenvalue weighted by molar-refractivity contribution is -0.139. The van der Waals surface area contributed by atoms with Crippen LogP contribution in [0.1, 0.15) is 36.1 Å². The molecule has 4 aromatic rings. The Kier molecular flexibility index (Phi) is 27.9. The third kappa shape index (κ3) is 23.4. The first-order valence-corrected chi connectivity index (χ1v) is 29.0. The van der Waals surface area contributed by atoms with E-state index in [1.807, 2.05) is 157 Å². The smallest absolute Gasteiger partial charge is 0.348 e. The van der Waals surface area contributed by atoms with Gasteiger partial charge in [-0.25, -0.2) is 19.3 Å². The van der Waals surface area contributed by atoms with E-state index in [9.17, 15) is 29.7 Å². The maximum atomic E-state index is 12.5. The molecule has 0 saturated carbocycles. The number of hydrogen-bond acceptors (Lipinski definition) is 20. The Hall–Kier alpha value is -9.36. The number of hydrogen-bond donors (Lipinski definition) is 0. The fourth-order valence-corrected chi connectivity index (χ4v) is 8.45. The summed E-state index contributed by atoms with van der Waals surface area (Å²) in [7, 11) is 7.75. The van der Waals surface area contributed by atoms with E-state index >= 15 is 0 Å². The van der Waals surface area contributed by atoms with E-state index in [0.29, 0.717) is 88.1 Å². The first-order chi connectivity index (χ1) is 43.1. The highest BCUT2D eigenvalue weighted by molar-refractivity contribution is 5.99. The molecule has 0 amide bonds. The van der Waals surface area contributed by atoms with Gasteiger partial charge in [-0.1, -0.05) is 48.5 Å². The predicted octanol–water partition coefficient (Wildman–Crippen LogP) is 7.93. The van der Waals surface area contributed by atoms with Gasteiger partial charge in [0.25, 0.3) is 11.4 Å². The third-order valence-corrected chi connectivity index (χ3v) is 14.0. The van der Waals surface area contributed by atoms with Crippen molar-refractivity contribution in [2.24, 2.45) is 5.41 Å². The van der Waals surface area contributed by atoms with Crippen LogP contribution in [0.3, 0.4) is 0 Å². The van der Waals surface area contributed by atoms with Crippen molar-refractivity contribution in [3.8, 4) is 12.1 Å². The average molecular weight is 1220 g/mol. The molecule has 6 rings (SSSR count). The Bertz CT molecular complexity index is 3060. The van der Waals surface area contributed by atoms with Gasteiger partial charge in [-0.05, 0) is 109 Å². The van der Waals surface area contributed by atoms with Crippen molar-refractivity contribution < 1.29 is 66.5 Å². The van der Waals surface area contributed by atoms with Gasteiger partial charge >= 0.3 is 23.9 Å². The lowest BCUT2D eigenvalue weighted by Gasteiger charge is -2.34. The number of nitriles is 2. The molecule has 2 saturated heterocycles. The van der Waals surface area contributed by atoms with Crippen molar-refractivity contribution >= 4 is 70.9 Å². The van der Waals surface area contributed by atoms with Gasteiger partial charge in [-0.15, -0.1) is 0 Å². The van der Waals surface area contributed by atoms with Crippen LogP contribution in [0.5, 0.6) is 0 Å². The molecule has 3 unspecified atom stereocenters. The summed E-state index contributed by atoms with van der Waals surface area (Å²) in [4.78, 5) is 64.4. The molecule has 0 aliphatic carbocycles. The number of anilines is 4. The van der Waals surface area contributed by atoms with Crippen LogP contribution in [0.15, 0.2) is 120 Å². The van der Waals surface area contributed by atoms with Crippen molar-refractivity contribution in [3.63, 3.8) is 0 Å². The van der Waals surface area contributed by atoms with E-state index in [1.165, 1.54) is 24.3 Å². The van der Waals surface area contributed by atoms with Gasteiger partial charge in [0.2, 0.25) is 0 Å². The largest absolute Gasteiger partial charge is 0.471 e. The molecule has 4 aromatic carbocycles. The van der Waals surface area contributed by atoms with E-state index in [2.05, 4.69) is 9.69 Å². The normalized spacial score (nSPS) is 15.2. The van der Waals surface area contributed by atoms with Crippen molar-refractivity contribution in [2.45, 2.75) is 26.1 Å². The number of carbonyl (C=O) groups is 4. The van der Waals surface area contributed by atoms with Crippen LogP contribution in [0.4, 0.5) is 22.7 Å². The summed E-state index contributed by atoms with van der Waals surface area (Å²) < 4.78 is 56.9. The van der Waals surface area contributed by atoms with E-state index < -0.39 is 29.3 Å². The fourth-order valence-electron chi connectivity index (χ4n) is 8.45. The monoisotopic (exact) mass is 1220 g/mol. The van der Waals surface area contributed by atoms with E-state index in [0.717, 1.165) is 22.7 Å². The van der Waals surface area contributed by atoms with Crippen LogP contribution in [0.2, 0.25) is 0 Å². The van der Waals surface area contributed by atoms with E-state index in [1.54, 1.807) is 13.8 Å². The van der Waals surface area contributed by atoms with Crippen LogP contribution >= 0.6 is 0 Å². The van der Waals surface area contributed by atoms with Crippen LogP contribution in [-0.4, -0.2) is 183 Å². The molecule has 0 N–H and O–H groups in total. The Balaban J connectivity index is 1.16. The van der Waals surface area contributed by atoms with Crippen molar-refractivity contribution in [3.05, 3.63) is 165 Å². The Morgan fingerprint density at radius 1 is 0.483 bits per heavy atom. The number of ether oxygens (including phenoxy) is 10. The number of likely N-dealkylation sites (N-methyl/N-ethyl adjacent to an activating group) is 4. The molecular weight excluding hydrogens is 1140 g/mol. The second-order valence-corrected chi connectivity index (χ2v) is 20.9. The first kappa shape index (κ1) is 68.7. The van der Waals surface area contributed by atoms with E-state index in [-0.39, 0.29) is 87.6 Å². The molecule has 2 aliphatic heterocycles. The molecule has 3 atom stereocenters.